The van der Waals surface area contributed by atoms with E-state index in [2.05, 4.69) is 15.4 Å². The van der Waals surface area contributed by atoms with Crippen molar-refractivity contribution >= 4 is 21.5 Å². The fraction of sp³-hybridized carbons (Fsp3) is 0.588. The summed E-state index contributed by atoms with van der Waals surface area (Å²) in [5.74, 6) is -0.237. The predicted octanol–water partition coefficient (Wildman–Crippen LogP) is 2.58. The Hall–Kier alpha value is -2.39. The van der Waals surface area contributed by atoms with Crippen LogP contribution in [0.4, 0.5) is 19.1 Å². The summed E-state index contributed by atoms with van der Waals surface area (Å²) in [5, 5.41) is 16.6. The van der Waals surface area contributed by atoms with E-state index in [4.69, 9.17) is 0 Å². The highest BCUT2D eigenvalue weighted by Crippen LogP contribution is 2.39. The standard InChI is InChI=1S/C17H21F3N6O2S/c1-10(2)15-12(8-21)14(17(18,19)20)13-9-22-16(24-26(13)15)23-11-4-6-25(7-5-11)29(3,27)28/h9-11H,4-7H2,1-3H3,(H,23,24). The number of sulfonamides is 1. The third-order valence-corrected chi connectivity index (χ3v) is 6.22. The lowest BCUT2D eigenvalue weighted by Crippen LogP contribution is -2.42. The first kappa shape index (κ1) is 21.3. The lowest BCUT2D eigenvalue weighted by molar-refractivity contribution is -0.136. The van der Waals surface area contributed by atoms with E-state index in [9.17, 15) is 26.9 Å². The average molecular weight is 430 g/mol. The predicted molar refractivity (Wildman–Crippen MR) is 99.9 cm³/mol. The Morgan fingerprint density at radius 2 is 1.93 bits per heavy atom. The van der Waals surface area contributed by atoms with Gasteiger partial charge < -0.3 is 5.32 Å². The van der Waals surface area contributed by atoms with E-state index in [-0.39, 0.29) is 29.1 Å². The fourth-order valence-corrected chi connectivity index (χ4v) is 4.46. The fourth-order valence-electron chi connectivity index (χ4n) is 3.58. The van der Waals surface area contributed by atoms with Crippen molar-refractivity contribution < 1.29 is 21.6 Å². The number of nitrogens with zero attached hydrogens (tertiary/aromatic N) is 5. The number of hydrogen-bond donors (Lipinski definition) is 1. The van der Waals surface area contributed by atoms with Gasteiger partial charge in [-0.05, 0) is 18.8 Å². The molecule has 8 nitrogen and oxygen atoms in total. The molecule has 29 heavy (non-hydrogen) atoms. The highest BCUT2D eigenvalue weighted by Gasteiger charge is 2.40. The molecule has 3 rings (SSSR count). The van der Waals surface area contributed by atoms with Gasteiger partial charge in [0.05, 0.1) is 29.2 Å². The van der Waals surface area contributed by atoms with E-state index in [0.717, 1.165) is 17.0 Å². The van der Waals surface area contributed by atoms with E-state index in [1.165, 1.54) is 4.31 Å². The lowest BCUT2D eigenvalue weighted by Gasteiger charge is -2.30. The van der Waals surface area contributed by atoms with Gasteiger partial charge in [0.15, 0.2) is 0 Å². The maximum Gasteiger partial charge on any atom is 0.419 e. The van der Waals surface area contributed by atoms with Crippen molar-refractivity contribution in [1.29, 1.82) is 5.26 Å². The summed E-state index contributed by atoms with van der Waals surface area (Å²) in [5.41, 5.74) is -1.57. The molecule has 0 aliphatic carbocycles. The number of halogens is 3. The zero-order valence-electron chi connectivity index (χ0n) is 16.2. The summed E-state index contributed by atoms with van der Waals surface area (Å²) < 4.78 is 66.4. The van der Waals surface area contributed by atoms with Crippen LogP contribution >= 0.6 is 0 Å². The quantitative estimate of drug-likeness (QED) is 0.800. The number of nitriles is 1. The van der Waals surface area contributed by atoms with Crippen LogP contribution in [0.25, 0.3) is 5.52 Å². The van der Waals surface area contributed by atoms with Gasteiger partial charge in [-0.3, -0.25) is 0 Å². The molecule has 0 saturated carbocycles. The summed E-state index contributed by atoms with van der Waals surface area (Å²) in [7, 11) is -3.25. The summed E-state index contributed by atoms with van der Waals surface area (Å²) in [6.07, 6.45) is -1.44. The molecular formula is C17H21F3N6O2S. The van der Waals surface area contributed by atoms with Gasteiger partial charge in [0.25, 0.3) is 0 Å². The number of nitrogens with one attached hydrogen (secondary N) is 1. The minimum atomic E-state index is -4.71. The third kappa shape index (κ3) is 4.16. The Kier molecular flexibility index (Phi) is 5.48. The SMILES string of the molecule is CC(C)c1c(C#N)c(C(F)(F)F)c2cnc(NC3CCN(S(C)(=O)=O)CC3)nn12. The van der Waals surface area contributed by atoms with Gasteiger partial charge >= 0.3 is 6.18 Å². The van der Waals surface area contributed by atoms with Gasteiger partial charge in [0, 0.05) is 19.1 Å². The molecule has 0 spiro atoms. The van der Waals surface area contributed by atoms with Crippen LogP contribution in [0.3, 0.4) is 0 Å². The van der Waals surface area contributed by atoms with Crippen molar-refractivity contribution in [3.8, 4) is 6.07 Å². The highest BCUT2D eigenvalue weighted by atomic mass is 32.2. The summed E-state index contributed by atoms with van der Waals surface area (Å²) in [6, 6.07) is 1.56. The van der Waals surface area contributed by atoms with E-state index in [0.29, 0.717) is 25.9 Å². The summed E-state index contributed by atoms with van der Waals surface area (Å²) in [4.78, 5) is 4.01. The van der Waals surface area contributed by atoms with Crippen LogP contribution in [0.1, 0.15) is 49.4 Å². The molecule has 2 aromatic heterocycles. The number of hydrogen-bond acceptors (Lipinski definition) is 6. The maximum atomic E-state index is 13.6. The molecule has 0 atom stereocenters. The monoisotopic (exact) mass is 430 g/mol. The summed E-state index contributed by atoms with van der Waals surface area (Å²) in [6.45, 7) is 4.07. The molecule has 1 aliphatic heterocycles. The lowest BCUT2D eigenvalue weighted by atomic mass is 10.0. The second kappa shape index (κ2) is 7.46. The number of anilines is 1. The first-order valence-corrected chi connectivity index (χ1v) is 10.9. The molecule has 0 bridgehead atoms. The molecule has 12 heteroatoms. The first-order chi connectivity index (χ1) is 13.4. The number of alkyl halides is 3. The molecule has 2 aromatic rings. The number of fused-ring (bicyclic) bond motifs is 1. The molecule has 3 heterocycles. The molecule has 1 aliphatic rings. The molecule has 158 valence electrons. The maximum absolute atomic E-state index is 13.6. The number of aromatic nitrogens is 3. The molecule has 0 aromatic carbocycles. The van der Waals surface area contributed by atoms with Gasteiger partial charge in [0.2, 0.25) is 16.0 Å². The van der Waals surface area contributed by atoms with Crippen LogP contribution in [-0.2, 0) is 16.2 Å². The van der Waals surface area contributed by atoms with Gasteiger partial charge in [-0.1, -0.05) is 13.8 Å². The van der Waals surface area contributed by atoms with Crippen molar-refractivity contribution in [2.75, 3.05) is 24.7 Å². The van der Waals surface area contributed by atoms with Crippen LogP contribution < -0.4 is 5.32 Å². The Balaban J connectivity index is 1.95. The van der Waals surface area contributed by atoms with Crippen LogP contribution in [-0.4, -0.2) is 52.7 Å². The van der Waals surface area contributed by atoms with E-state index < -0.39 is 27.3 Å². The minimum Gasteiger partial charge on any atom is -0.350 e. The molecule has 1 N–H and O–H groups in total. The third-order valence-electron chi connectivity index (χ3n) is 4.92. The van der Waals surface area contributed by atoms with E-state index in [1.807, 2.05) is 0 Å². The molecule has 0 radical (unpaired) electrons. The summed E-state index contributed by atoms with van der Waals surface area (Å²) >= 11 is 0. The van der Waals surface area contributed by atoms with Crippen LogP contribution in [0, 0.1) is 11.3 Å². The smallest absolute Gasteiger partial charge is 0.350 e. The van der Waals surface area contributed by atoms with Crippen LogP contribution in [0.5, 0.6) is 0 Å². The molecule has 1 saturated heterocycles. The highest BCUT2D eigenvalue weighted by molar-refractivity contribution is 7.88. The van der Waals surface area contributed by atoms with Crippen molar-refractivity contribution in [2.45, 2.75) is 44.8 Å². The number of rotatable bonds is 4. The van der Waals surface area contributed by atoms with Gasteiger partial charge in [-0.15, -0.1) is 5.10 Å². The molecule has 0 amide bonds. The minimum absolute atomic E-state index is 0.110. The number of piperidine rings is 1. The van der Waals surface area contributed by atoms with Crippen molar-refractivity contribution in [1.82, 2.24) is 18.9 Å². The zero-order chi connectivity index (χ0) is 21.6. The average Bonchev–Trinajstić information content (AvgIpc) is 2.95. The Labute approximate surface area is 166 Å². The Bertz CT molecular complexity index is 1060. The molecular weight excluding hydrogens is 409 g/mol. The van der Waals surface area contributed by atoms with Gasteiger partial charge in [-0.2, -0.15) is 18.4 Å². The molecule has 1 fully saturated rings. The van der Waals surface area contributed by atoms with Crippen LogP contribution in [0.15, 0.2) is 6.20 Å². The van der Waals surface area contributed by atoms with E-state index in [1.54, 1.807) is 19.9 Å². The molecule has 0 unspecified atom stereocenters. The van der Waals surface area contributed by atoms with Crippen molar-refractivity contribution in [2.24, 2.45) is 0 Å². The van der Waals surface area contributed by atoms with Crippen molar-refractivity contribution in [3.05, 3.63) is 23.0 Å². The first-order valence-electron chi connectivity index (χ1n) is 9.04. The van der Waals surface area contributed by atoms with Gasteiger partial charge in [-0.25, -0.2) is 22.2 Å². The largest absolute Gasteiger partial charge is 0.419 e. The van der Waals surface area contributed by atoms with Crippen LogP contribution in [0.2, 0.25) is 0 Å². The Morgan fingerprint density at radius 3 is 2.41 bits per heavy atom. The van der Waals surface area contributed by atoms with E-state index >= 15 is 0 Å². The van der Waals surface area contributed by atoms with Crippen molar-refractivity contribution in [3.63, 3.8) is 0 Å². The topological polar surface area (TPSA) is 103 Å². The van der Waals surface area contributed by atoms with Gasteiger partial charge in [0.1, 0.15) is 11.6 Å². The normalized spacial score (nSPS) is 17.0. The second-order valence-electron chi connectivity index (χ2n) is 7.36. The Morgan fingerprint density at radius 1 is 1.31 bits per heavy atom. The zero-order valence-corrected chi connectivity index (χ0v) is 17.0. The second-order valence-corrected chi connectivity index (χ2v) is 9.34.